The molecule has 2 heterocycles. The highest BCUT2D eigenvalue weighted by molar-refractivity contribution is 5.69. The van der Waals surface area contributed by atoms with Crippen LogP contribution in [0.1, 0.15) is 6.42 Å². The number of nitrogens with one attached hydrogen (secondary N) is 1. The van der Waals surface area contributed by atoms with E-state index in [2.05, 4.69) is 34.6 Å². The van der Waals surface area contributed by atoms with E-state index in [0.29, 0.717) is 17.9 Å². The smallest absolute Gasteiger partial charge is 0.0682 e. The van der Waals surface area contributed by atoms with E-state index in [0.717, 1.165) is 6.42 Å². The van der Waals surface area contributed by atoms with Crippen molar-refractivity contribution >= 4 is 6.21 Å². The van der Waals surface area contributed by atoms with Crippen LogP contribution in [0.3, 0.4) is 0 Å². The highest BCUT2D eigenvalue weighted by Crippen LogP contribution is 2.36. The summed E-state index contributed by atoms with van der Waals surface area (Å²) in [6.07, 6.45) is 13.9. The van der Waals surface area contributed by atoms with Gasteiger partial charge in [0.1, 0.15) is 0 Å². The van der Waals surface area contributed by atoms with Crippen molar-refractivity contribution in [3.8, 4) is 0 Å². The first-order valence-electron chi connectivity index (χ1n) is 4.78. The van der Waals surface area contributed by atoms with E-state index in [1.54, 1.807) is 0 Å². The number of nitrogens with zero attached hydrogens (tertiary/aromatic N) is 1. The summed E-state index contributed by atoms with van der Waals surface area (Å²) in [6, 6.07) is 0.432. The topological polar surface area (TPSA) is 24.4 Å². The molecule has 0 aromatic rings. The third kappa shape index (κ3) is 0.981. The molecule has 1 saturated heterocycles. The van der Waals surface area contributed by atoms with E-state index in [1.807, 2.05) is 12.4 Å². The van der Waals surface area contributed by atoms with Gasteiger partial charge in [-0.2, -0.15) is 0 Å². The number of aliphatic imine (C=N–C) groups is 1. The summed E-state index contributed by atoms with van der Waals surface area (Å²) in [5.74, 6) is 1.28. The van der Waals surface area contributed by atoms with Crippen molar-refractivity contribution in [2.75, 3.05) is 0 Å². The minimum Gasteiger partial charge on any atom is -0.380 e. The molecule has 0 radical (unpaired) electrons. The molecule has 0 bridgehead atoms. The molecule has 2 heteroatoms. The van der Waals surface area contributed by atoms with Crippen LogP contribution in [-0.2, 0) is 0 Å². The lowest BCUT2D eigenvalue weighted by molar-refractivity contribution is 0.502. The Morgan fingerprint density at radius 2 is 2.46 bits per heavy atom. The van der Waals surface area contributed by atoms with Crippen LogP contribution in [0.4, 0.5) is 0 Å². The zero-order chi connectivity index (χ0) is 8.67. The van der Waals surface area contributed by atoms with Gasteiger partial charge in [-0.1, -0.05) is 18.2 Å². The highest BCUT2D eigenvalue weighted by atomic mass is 15.0. The molecule has 2 nitrogen and oxygen atoms in total. The largest absolute Gasteiger partial charge is 0.380 e. The van der Waals surface area contributed by atoms with Crippen molar-refractivity contribution in [1.29, 1.82) is 0 Å². The van der Waals surface area contributed by atoms with E-state index >= 15 is 0 Å². The molecule has 0 spiro atoms. The fourth-order valence-electron chi connectivity index (χ4n) is 2.39. The third-order valence-electron chi connectivity index (χ3n) is 3.05. The Kier molecular flexibility index (Phi) is 1.42. The van der Waals surface area contributed by atoms with Gasteiger partial charge in [-0.05, 0) is 12.5 Å². The molecule has 0 amide bonds. The lowest BCUT2D eigenvalue weighted by atomic mass is 9.84. The summed E-state index contributed by atoms with van der Waals surface area (Å²) in [4.78, 5) is 4.16. The van der Waals surface area contributed by atoms with Crippen molar-refractivity contribution < 1.29 is 0 Å². The van der Waals surface area contributed by atoms with Crippen LogP contribution in [0.5, 0.6) is 0 Å². The van der Waals surface area contributed by atoms with Crippen LogP contribution in [-0.4, -0.2) is 12.3 Å². The summed E-state index contributed by atoms with van der Waals surface area (Å²) in [7, 11) is 0. The molecule has 3 unspecified atom stereocenters. The monoisotopic (exact) mass is 172 g/mol. The number of hydrogen-bond donors (Lipinski definition) is 1. The van der Waals surface area contributed by atoms with Gasteiger partial charge in [-0.3, -0.25) is 4.99 Å². The predicted molar refractivity (Wildman–Crippen MR) is 53.4 cm³/mol. The Labute approximate surface area is 77.7 Å². The van der Waals surface area contributed by atoms with Crippen molar-refractivity contribution in [1.82, 2.24) is 5.32 Å². The maximum Gasteiger partial charge on any atom is 0.0682 e. The van der Waals surface area contributed by atoms with Crippen LogP contribution in [0.2, 0.25) is 0 Å². The van der Waals surface area contributed by atoms with Crippen LogP contribution in [0.25, 0.3) is 0 Å². The van der Waals surface area contributed by atoms with Gasteiger partial charge >= 0.3 is 0 Å². The molecule has 0 aromatic carbocycles. The Morgan fingerprint density at radius 3 is 3.46 bits per heavy atom. The number of rotatable bonds is 0. The SMILES string of the molecule is C1=CCC2C(=C1)NC1C=NC=CC12. The van der Waals surface area contributed by atoms with Gasteiger partial charge in [-0.15, -0.1) is 0 Å². The number of hydrogen-bond acceptors (Lipinski definition) is 2. The normalized spacial score (nSPS) is 39.4. The molecular formula is C11H12N2. The maximum atomic E-state index is 4.16. The minimum absolute atomic E-state index is 0.432. The van der Waals surface area contributed by atoms with Crippen molar-refractivity contribution in [2.24, 2.45) is 16.8 Å². The van der Waals surface area contributed by atoms with Crippen LogP contribution in [0.15, 0.2) is 41.2 Å². The van der Waals surface area contributed by atoms with Gasteiger partial charge in [0, 0.05) is 29.9 Å². The van der Waals surface area contributed by atoms with Crippen molar-refractivity contribution in [2.45, 2.75) is 12.5 Å². The highest BCUT2D eigenvalue weighted by Gasteiger charge is 2.37. The molecule has 3 aliphatic rings. The molecule has 3 rings (SSSR count). The Bertz CT molecular complexity index is 336. The second-order valence-electron chi connectivity index (χ2n) is 3.78. The molecule has 0 saturated carbocycles. The predicted octanol–water partition coefficient (Wildman–Crippen LogP) is 1.63. The molecule has 1 N–H and O–H groups in total. The molecule has 2 aliphatic heterocycles. The van der Waals surface area contributed by atoms with E-state index in [1.165, 1.54) is 5.70 Å². The Morgan fingerprint density at radius 1 is 1.46 bits per heavy atom. The molecule has 3 atom stereocenters. The first kappa shape index (κ1) is 7.13. The average Bonchev–Trinajstić information content (AvgIpc) is 2.56. The van der Waals surface area contributed by atoms with Crippen molar-refractivity contribution in [3.63, 3.8) is 0 Å². The standard InChI is InChI=1S/C11H12N2/c1-2-4-10-8(3-1)9-5-6-12-7-11(9)13-10/h1-2,4-9,11,13H,3H2. The fraction of sp³-hybridized carbons (Fsp3) is 0.364. The van der Waals surface area contributed by atoms with Gasteiger partial charge in [0.25, 0.3) is 0 Å². The third-order valence-corrected chi connectivity index (χ3v) is 3.05. The van der Waals surface area contributed by atoms with Gasteiger partial charge in [-0.25, -0.2) is 0 Å². The average molecular weight is 172 g/mol. The van der Waals surface area contributed by atoms with Gasteiger partial charge in [0.15, 0.2) is 0 Å². The van der Waals surface area contributed by atoms with Gasteiger partial charge in [0.05, 0.1) is 6.04 Å². The summed E-state index contributed by atoms with van der Waals surface area (Å²) in [6.45, 7) is 0. The maximum absolute atomic E-state index is 4.16. The fourth-order valence-corrected chi connectivity index (χ4v) is 2.39. The summed E-state index contributed by atoms with van der Waals surface area (Å²) in [5, 5.41) is 3.50. The molecule has 1 fully saturated rings. The number of allylic oxidation sites excluding steroid dienone is 4. The molecule has 13 heavy (non-hydrogen) atoms. The zero-order valence-corrected chi connectivity index (χ0v) is 7.35. The van der Waals surface area contributed by atoms with Gasteiger partial charge in [0.2, 0.25) is 0 Å². The van der Waals surface area contributed by atoms with Crippen LogP contribution in [0, 0.1) is 11.8 Å². The van der Waals surface area contributed by atoms with E-state index in [4.69, 9.17) is 0 Å². The second kappa shape index (κ2) is 2.59. The molecular weight excluding hydrogens is 160 g/mol. The molecule has 1 aliphatic carbocycles. The van der Waals surface area contributed by atoms with Crippen LogP contribution >= 0.6 is 0 Å². The Hall–Kier alpha value is -1.31. The van der Waals surface area contributed by atoms with E-state index < -0.39 is 0 Å². The lowest BCUT2D eigenvalue weighted by Crippen LogP contribution is -2.28. The summed E-state index contributed by atoms with van der Waals surface area (Å²) >= 11 is 0. The minimum atomic E-state index is 0.432. The Balaban J connectivity index is 1.97. The molecule has 66 valence electrons. The quantitative estimate of drug-likeness (QED) is 0.590. The first-order valence-corrected chi connectivity index (χ1v) is 4.78. The van der Waals surface area contributed by atoms with E-state index in [-0.39, 0.29) is 0 Å². The number of fused-ring (bicyclic) bond motifs is 3. The van der Waals surface area contributed by atoms with E-state index in [9.17, 15) is 0 Å². The van der Waals surface area contributed by atoms with Crippen LogP contribution < -0.4 is 5.32 Å². The van der Waals surface area contributed by atoms with Gasteiger partial charge < -0.3 is 5.32 Å². The van der Waals surface area contributed by atoms with Crippen molar-refractivity contribution in [3.05, 3.63) is 36.2 Å². The molecule has 0 aromatic heterocycles. The second-order valence-corrected chi connectivity index (χ2v) is 3.78. The summed E-state index contributed by atoms with van der Waals surface area (Å²) in [5.41, 5.74) is 1.38. The zero-order valence-electron chi connectivity index (χ0n) is 7.35. The summed E-state index contributed by atoms with van der Waals surface area (Å²) < 4.78 is 0. The lowest BCUT2D eigenvalue weighted by Gasteiger charge is -2.19. The first-order chi connectivity index (χ1) is 6.45.